The third kappa shape index (κ3) is 2.13. The third-order valence-electron chi connectivity index (χ3n) is 5.51. The van der Waals surface area contributed by atoms with E-state index in [1.165, 1.54) is 49.3 Å². The highest BCUT2D eigenvalue weighted by Crippen LogP contribution is 2.41. The van der Waals surface area contributed by atoms with Crippen LogP contribution in [0.4, 0.5) is 5.69 Å². The Morgan fingerprint density at radius 3 is 2.60 bits per heavy atom. The normalized spacial score (nSPS) is 32.4. The fourth-order valence-electron chi connectivity index (χ4n) is 4.28. The molecule has 3 atom stereocenters. The molecule has 0 amide bonds. The Morgan fingerprint density at radius 2 is 1.95 bits per heavy atom. The lowest BCUT2D eigenvalue weighted by Crippen LogP contribution is -2.61. The Morgan fingerprint density at radius 1 is 1.25 bits per heavy atom. The lowest BCUT2D eigenvalue weighted by Gasteiger charge is -2.49. The van der Waals surface area contributed by atoms with E-state index in [9.17, 15) is 0 Å². The van der Waals surface area contributed by atoms with Crippen molar-refractivity contribution in [3.63, 3.8) is 0 Å². The first-order valence-corrected chi connectivity index (χ1v) is 7.80. The fraction of sp³-hybridized carbons (Fsp3) is 0.647. The summed E-state index contributed by atoms with van der Waals surface area (Å²) in [7, 11) is 2.25. The molecule has 0 saturated carbocycles. The fourth-order valence-corrected chi connectivity index (χ4v) is 4.28. The lowest BCUT2D eigenvalue weighted by atomic mass is 9.77. The smallest absolute Gasteiger partial charge is 0.0573 e. The minimum Gasteiger partial charge on any atom is -0.367 e. The summed E-state index contributed by atoms with van der Waals surface area (Å²) in [6.45, 7) is 8.80. The molecular weight excluding hydrogens is 246 g/mol. The summed E-state index contributed by atoms with van der Waals surface area (Å²) in [6, 6.07) is 6.84. The van der Waals surface area contributed by atoms with Crippen LogP contribution in [0.3, 0.4) is 0 Å². The van der Waals surface area contributed by atoms with Gasteiger partial charge < -0.3 is 15.5 Å². The van der Waals surface area contributed by atoms with E-state index in [1.807, 2.05) is 0 Å². The van der Waals surface area contributed by atoms with Crippen LogP contribution in [-0.2, 0) is 0 Å². The van der Waals surface area contributed by atoms with Crippen molar-refractivity contribution in [1.82, 2.24) is 4.90 Å². The number of hydrogen-bond donors (Lipinski definition) is 1. The second kappa shape index (κ2) is 5.05. The van der Waals surface area contributed by atoms with Crippen molar-refractivity contribution < 1.29 is 0 Å². The average Bonchev–Trinajstić information content (AvgIpc) is 2.82. The molecule has 2 aliphatic rings. The van der Waals surface area contributed by atoms with E-state index >= 15 is 0 Å². The molecular formula is C17H27N3. The van der Waals surface area contributed by atoms with Crippen LogP contribution in [0.2, 0.25) is 0 Å². The number of fused-ring (bicyclic) bond motifs is 2. The van der Waals surface area contributed by atoms with Crippen molar-refractivity contribution in [2.24, 2.45) is 11.7 Å². The number of nitrogens with two attached hydrogens (primary N) is 1. The topological polar surface area (TPSA) is 32.5 Å². The molecule has 1 aromatic rings. The van der Waals surface area contributed by atoms with Crippen LogP contribution in [0.25, 0.3) is 0 Å². The number of nitrogens with zero attached hydrogens (tertiary/aromatic N) is 2. The van der Waals surface area contributed by atoms with Crippen LogP contribution >= 0.6 is 0 Å². The number of likely N-dealkylation sites (N-methyl/N-ethyl adjacent to an activating group) is 1. The van der Waals surface area contributed by atoms with E-state index in [2.05, 4.69) is 48.9 Å². The Balaban J connectivity index is 1.95. The van der Waals surface area contributed by atoms with Crippen molar-refractivity contribution in [2.45, 2.75) is 32.2 Å². The zero-order valence-corrected chi connectivity index (χ0v) is 13.0. The standard InChI is InChI=1S/C17H27N3/c1-13-8-14(2)10-16(9-13)19(3)17(12-18)5-7-20-6-4-15(17)11-20/h8-10,15H,4-7,11-12,18H2,1-3H3. The first-order valence-electron chi connectivity index (χ1n) is 7.80. The second-order valence-corrected chi connectivity index (χ2v) is 6.75. The number of aryl methyl sites for hydroxylation is 2. The first kappa shape index (κ1) is 13.9. The van der Waals surface area contributed by atoms with Gasteiger partial charge in [0.1, 0.15) is 0 Å². The van der Waals surface area contributed by atoms with Crippen molar-refractivity contribution in [1.29, 1.82) is 0 Å². The molecule has 0 spiro atoms. The summed E-state index contributed by atoms with van der Waals surface area (Å²) < 4.78 is 0. The van der Waals surface area contributed by atoms with Gasteiger partial charge in [0, 0.05) is 32.4 Å². The molecule has 2 bridgehead atoms. The van der Waals surface area contributed by atoms with E-state index < -0.39 is 0 Å². The van der Waals surface area contributed by atoms with Crippen LogP contribution in [0.5, 0.6) is 0 Å². The minimum absolute atomic E-state index is 0.146. The summed E-state index contributed by atoms with van der Waals surface area (Å²) in [4.78, 5) is 5.08. The molecule has 110 valence electrons. The number of anilines is 1. The summed E-state index contributed by atoms with van der Waals surface area (Å²) >= 11 is 0. The average molecular weight is 273 g/mol. The zero-order chi connectivity index (χ0) is 14.3. The number of hydrogen-bond acceptors (Lipinski definition) is 3. The van der Waals surface area contributed by atoms with Gasteiger partial charge in [-0.1, -0.05) is 6.07 Å². The van der Waals surface area contributed by atoms with Crippen molar-refractivity contribution >= 4 is 5.69 Å². The van der Waals surface area contributed by atoms with Gasteiger partial charge in [-0.2, -0.15) is 0 Å². The maximum Gasteiger partial charge on any atom is 0.0573 e. The van der Waals surface area contributed by atoms with Gasteiger partial charge in [0.2, 0.25) is 0 Å². The van der Waals surface area contributed by atoms with E-state index in [4.69, 9.17) is 5.73 Å². The molecule has 20 heavy (non-hydrogen) atoms. The Hall–Kier alpha value is -1.06. The van der Waals surface area contributed by atoms with Gasteiger partial charge in [-0.05, 0) is 62.4 Å². The van der Waals surface area contributed by atoms with E-state index in [1.54, 1.807) is 0 Å². The molecule has 0 aromatic heterocycles. The Kier molecular flexibility index (Phi) is 3.51. The number of benzene rings is 1. The predicted octanol–water partition coefficient (Wildman–Crippen LogP) is 2.16. The molecule has 3 heteroatoms. The predicted molar refractivity (Wildman–Crippen MR) is 85.3 cm³/mol. The first-order chi connectivity index (χ1) is 9.55. The maximum atomic E-state index is 6.28. The van der Waals surface area contributed by atoms with Crippen molar-refractivity contribution in [3.05, 3.63) is 29.3 Å². The van der Waals surface area contributed by atoms with Crippen LogP contribution in [0.1, 0.15) is 24.0 Å². The van der Waals surface area contributed by atoms with Gasteiger partial charge in [-0.25, -0.2) is 0 Å². The molecule has 3 unspecified atom stereocenters. The summed E-state index contributed by atoms with van der Waals surface area (Å²) in [5, 5.41) is 0. The van der Waals surface area contributed by atoms with Crippen LogP contribution in [0.15, 0.2) is 18.2 Å². The molecule has 0 aliphatic carbocycles. The number of piperidine rings is 1. The molecule has 3 rings (SSSR count). The highest BCUT2D eigenvalue weighted by atomic mass is 15.3. The zero-order valence-electron chi connectivity index (χ0n) is 13.0. The Bertz CT molecular complexity index is 479. The molecule has 1 aromatic carbocycles. The molecule has 2 heterocycles. The minimum atomic E-state index is 0.146. The van der Waals surface area contributed by atoms with Crippen LogP contribution in [0, 0.1) is 19.8 Å². The molecule has 2 saturated heterocycles. The lowest BCUT2D eigenvalue weighted by molar-refractivity contribution is 0.168. The summed E-state index contributed by atoms with van der Waals surface area (Å²) in [5.41, 5.74) is 10.4. The van der Waals surface area contributed by atoms with Gasteiger partial charge >= 0.3 is 0 Å². The van der Waals surface area contributed by atoms with Gasteiger partial charge in [0.05, 0.1) is 5.54 Å². The SMILES string of the molecule is Cc1cc(C)cc(N(C)C2(CN)CCN3CCC2C3)c1. The van der Waals surface area contributed by atoms with E-state index in [-0.39, 0.29) is 5.54 Å². The maximum absolute atomic E-state index is 6.28. The van der Waals surface area contributed by atoms with Crippen LogP contribution < -0.4 is 10.6 Å². The molecule has 2 N–H and O–H groups in total. The van der Waals surface area contributed by atoms with E-state index in [0.717, 1.165) is 6.54 Å². The highest BCUT2D eigenvalue weighted by Gasteiger charge is 2.47. The van der Waals surface area contributed by atoms with Crippen molar-refractivity contribution in [3.8, 4) is 0 Å². The third-order valence-corrected chi connectivity index (χ3v) is 5.51. The number of rotatable bonds is 3. The summed E-state index contributed by atoms with van der Waals surface area (Å²) in [6.07, 6.45) is 2.49. The summed E-state index contributed by atoms with van der Waals surface area (Å²) in [5.74, 6) is 0.715. The van der Waals surface area contributed by atoms with Crippen molar-refractivity contribution in [2.75, 3.05) is 38.1 Å². The molecule has 2 fully saturated rings. The molecule has 3 nitrogen and oxygen atoms in total. The van der Waals surface area contributed by atoms with Crippen LogP contribution in [-0.4, -0.2) is 43.7 Å². The van der Waals surface area contributed by atoms with Gasteiger partial charge in [0.15, 0.2) is 0 Å². The molecule has 0 radical (unpaired) electrons. The van der Waals surface area contributed by atoms with Gasteiger partial charge in [-0.15, -0.1) is 0 Å². The van der Waals surface area contributed by atoms with Gasteiger partial charge in [-0.3, -0.25) is 0 Å². The highest BCUT2D eigenvalue weighted by molar-refractivity contribution is 5.53. The Labute approximate surface area is 122 Å². The molecule has 2 aliphatic heterocycles. The second-order valence-electron chi connectivity index (χ2n) is 6.75. The van der Waals surface area contributed by atoms with Gasteiger partial charge in [0.25, 0.3) is 0 Å². The quantitative estimate of drug-likeness (QED) is 0.916. The monoisotopic (exact) mass is 273 g/mol. The van der Waals surface area contributed by atoms with E-state index in [0.29, 0.717) is 5.92 Å². The largest absolute Gasteiger partial charge is 0.367 e.